The van der Waals surface area contributed by atoms with Crippen molar-refractivity contribution in [2.24, 2.45) is 22.2 Å². The van der Waals surface area contributed by atoms with Crippen molar-refractivity contribution >= 4 is 5.84 Å². The summed E-state index contributed by atoms with van der Waals surface area (Å²) >= 11 is 0. The van der Waals surface area contributed by atoms with Gasteiger partial charge in [-0.25, -0.2) is 0 Å². The number of hydrogen-bond donors (Lipinski definition) is 2. The number of nitrogens with zero attached hydrogens (tertiary/aromatic N) is 3. The Labute approximate surface area is 119 Å². The molecule has 0 aliphatic heterocycles. The number of oxime groups is 1. The van der Waals surface area contributed by atoms with E-state index < -0.39 is 0 Å². The average Bonchev–Trinajstić information content (AvgIpc) is 2.36. The molecule has 110 valence electrons. The minimum absolute atomic E-state index is 0.0157. The first-order valence-corrected chi connectivity index (χ1v) is 6.87. The van der Waals surface area contributed by atoms with Crippen LogP contribution in [0.3, 0.4) is 0 Å². The van der Waals surface area contributed by atoms with Crippen molar-refractivity contribution in [2.45, 2.75) is 46.1 Å². The molecule has 6 nitrogen and oxygen atoms in total. The van der Waals surface area contributed by atoms with Crippen LogP contribution in [0.1, 0.15) is 45.6 Å². The lowest BCUT2D eigenvalue weighted by Gasteiger charge is -2.38. The normalized spacial score (nSPS) is 26.2. The molecule has 0 saturated heterocycles. The summed E-state index contributed by atoms with van der Waals surface area (Å²) in [7, 11) is 0. The molecule has 2 atom stereocenters. The number of rotatable bonds is 3. The molecule has 0 amide bonds. The molecule has 1 heterocycles. The molecule has 20 heavy (non-hydrogen) atoms. The molecule has 2 unspecified atom stereocenters. The summed E-state index contributed by atoms with van der Waals surface area (Å²) in [5.74, 6) is 0.920. The molecule has 1 aromatic rings. The zero-order chi connectivity index (χ0) is 14.8. The minimum Gasteiger partial charge on any atom is -0.473 e. The van der Waals surface area contributed by atoms with Crippen LogP contribution in [0.4, 0.5) is 0 Å². The Morgan fingerprint density at radius 3 is 2.90 bits per heavy atom. The van der Waals surface area contributed by atoms with Gasteiger partial charge in [-0.15, -0.1) is 5.10 Å². The van der Waals surface area contributed by atoms with E-state index in [1.807, 2.05) is 0 Å². The van der Waals surface area contributed by atoms with Crippen LogP contribution in [-0.2, 0) is 0 Å². The average molecular weight is 278 g/mol. The molecule has 0 spiro atoms. The third-order valence-electron chi connectivity index (χ3n) is 3.70. The highest BCUT2D eigenvalue weighted by molar-refractivity contribution is 5.98. The van der Waals surface area contributed by atoms with E-state index in [4.69, 9.17) is 15.7 Å². The second kappa shape index (κ2) is 5.64. The molecule has 1 aliphatic rings. The first kappa shape index (κ1) is 14.6. The van der Waals surface area contributed by atoms with Crippen LogP contribution in [0.5, 0.6) is 5.88 Å². The second-order valence-corrected chi connectivity index (χ2v) is 6.39. The van der Waals surface area contributed by atoms with Gasteiger partial charge in [0.05, 0.1) is 11.8 Å². The van der Waals surface area contributed by atoms with Crippen molar-refractivity contribution in [1.29, 1.82) is 0 Å². The first-order chi connectivity index (χ1) is 9.41. The summed E-state index contributed by atoms with van der Waals surface area (Å²) in [6, 6.07) is 1.63. The number of ether oxygens (including phenoxy) is 1. The highest BCUT2D eigenvalue weighted by Gasteiger charge is 2.33. The minimum atomic E-state index is -0.0157. The van der Waals surface area contributed by atoms with E-state index in [1.165, 1.54) is 12.6 Å². The van der Waals surface area contributed by atoms with Crippen molar-refractivity contribution in [2.75, 3.05) is 0 Å². The maximum absolute atomic E-state index is 8.80. The van der Waals surface area contributed by atoms with Gasteiger partial charge < -0.3 is 15.7 Å². The van der Waals surface area contributed by atoms with E-state index >= 15 is 0 Å². The van der Waals surface area contributed by atoms with Crippen LogP contribution < -0.4 is 10.5 Å². The number of amidine groups is 1. The summed E-state index contributed by atoms with van der Waals surface area (Å²) in [6.45, 7) is 6.73. The number of hydrogen-bond acceptors (Lipinski definition) is 5. The van der Waals surface area contributed by atoms with Crippen LogP contribution in [0.25, 0.3) is 0 Å². The molecule has 0 bridgehead atoms. The van der Waals surface area contributed by atoms with Crippen molar-refractivity contribution in [3.05, 3.63) is 17.8 Å². The van der Waals surface area contributed by atoms with Gasteiger partial charge in [-0.2, -0.15) is 5.10 Å². The molecule has 0 aromatic carbocycles. The van der Waals surface area contributed by atoms with Gasteiger partial charge in [0, 0.05) is 0 Å². The Kier molecular flexibility index (Phi) is 4.11. The maximum atomic E-state index is 8.80. The summed E-state index contributed by atoms with van der Waals surface area (Å²) in [4.78, 5) is 0. The molecular weight excluding hydrogens is 256 g/mol. The summed E-state index contributed by atoms with van der Waals surface area (Å²) in [5, 5.41) is 19.6. The fourth-order valence-electron chi connectivity index (χ4n) is 3.16. The molecule has 1 aromatic heterocycles. The molecule has 3 N–H and O–H groups in total. The number of aromatic nitrogens is 2. The van der Waals surface area contributed by atoms with Gasteiger partial charge in [0.2, 0.25) is 5.88 Å². The van der Waals surface area contributed by atoms with Crippen molar-refractivity contribution < 1.29 is 9.94 Å². The Hall–Kier alpha value is -1.85. The monoisotopic (exact) mass is 278 g/mol. The lowest BCUT2D eigenvalue weighted by atomic mass is 9.71. The zero-order valence-corrected chi connectivity index (χ0v) is 12.2. The third kappa shape index (κ3) is 3.37. The number of nitrogens with two attached hydrogens (primary N) is 1. The Morgan fingerprint density at radius 2 is 2.25 bits per heavy atom. The fraction of sp³-hybridized carbons (Fsp3) is 0.643. The van der Waals surface area contributed by atoms with Crippen LogP contribution in [0.15, 0.2) is 17.4 Å². The molecule has 1 saturated carbocycles. The van der Waals surface area contributed by atoms with Gasteiger partial charge >= 0.3 is 0 Å². The second-order valence-electron chi connectivity index (χ2n) is 6.39. The van der Waals surface area contributed by atoms with Gasteiger partial charge in [-0.05, 0) is 36.7 Å². The first-order valence-electron chi connectivity index (χ1n) is 6.87. The van der Waals surface area contributed by atoms with Crippen LogP contribution in [0.2, 0.25) is 0 Å². The van der Waals surface area contributed by atoms with Gasteiger partial charge in [0.1, 0.15) is 6.10 Å². The fourth-order valence-corrected chi connectivity index (χ4v) is 3.16. The van der Waals surface area contributed by atoms with E-state index in [2.05, 4.69) is 36.1 Å². The van der Waals surface area contributed by atoms with Gasteiger partial charge in [-0.1, -0.05) is 25.9 Å². The Bertz CT molecular complexity index is 502. The van der Waals surface area contributed by atoms with Crippen molar-refractivity contribution in [3.63, 3.8) is 0 Å². The van der Waals surface area contributed by atoms with E-state index in [9.17, 15) is 0 Å². The SMILES string of the molecule is CC1CC(Oc2nnccc2/C(N)=N/O)CC(C)(C)C1. The third-order valence-corrected chi connectivity index (χ3v) is 3.70. The zero-order valence-electron chi connectivity index (χ0n) is 12.2. The Morgan fingerprint density at radius 1 is 1.50 bits per heavy atom. The highest BCUT2D eigenvalue weighted by Crippen LogP contribution is 2.39. The predicted octanol–water partition coefficient (Wildman–Crippen LogP) is 2.16. The van der Waals surface area contributed by atoms with Crippen LogP contribution >= 0.6 is 0 Å². The van der Waals surface area contributed by atoms with Crippen LogP contribution in [0, 0.1) is 11.3 Å². The molecule has 2 rings (SSSR count). The van der Waals surface area contributed by atoms with Gasteiger partial charge in [0.25, 0.3) is 0 Å². The lowest BCUT2D eigenvalue weighted by molar-refractivity contribution is 0.0524. The molecule has 1 aliphatic carbocycles. The topological polar surface area (TPSA) is 93.6 Å². The van der Waals surface area contributed by atoms with E-state index in [-0.39, 0.29) is 17.4 Å². The van der Waals surface area contributed by atoms with Gasteiger partial charge in [-0.3, -0.25) is 0 Å². The summed E-state index contributed by atoms with van der Waals surface area (Å²) in [5.41, 5.74) is 6.36. The quantitative estimate of drug-likeness (QED) is 0.382. The molecular formula is C14H22N4O2. The van der Waals surface area contributed by atoms with Crippen LogP contribution in [-0.4, -0.2) is 27.3 Å². The largest absolute Gasteiger partial charge is 0.473 e. The lowest BCUT2D eigenvalue weighted by Crippen LogP contribution is -2.35. The van der Waals surface area contributed by atoms with Crippen molar-refractivity contribution in [3.8, 4) is 5.88 Å². The van der Waals surface area contributed by atoms with E-state index in [0.29, 0.717) is 17.4 Å². The summed E-state index contributed by atoms with van der Waals surface area (Å²) in [6.07, 6.45) is 4.71. The molecule has 1 fully saturated rings. The van der Waals surface area contributed by atoms with Crippen molar-refractivity contribution in [1.82, 2.24) is 10.2 Å². The maximum Gasteiger partial charge on any atom is 0.244 e. The smallest absolute Gasteiger partial charge is 0.244 e. The van der Waals surface area contributed by atoms with E-state index in [0.717, 1.165) is 12.8 Å². The molecule has 0 radical (unpaired) electrons. The van der Waals surface area contributed by atoms with E-state index in [1.54, 1.807) is 6.07 Å². The summed E-state index contributed by atoms with van der Waals surface area (Å²) < 4.78 is 5.97. The molecule has 6 heteroatoms. The highest BCUT2D eigenvalue weighted by atomic mass is 16.5. The predicted molar refractivity (Wildman–Crippen MR) is 75.8 cm³/mol. The Balaban J connectivity index is 2.18. The standard InChI is InChI=1S/C14H22N4O2/c1-9-6-10(8-14(2,3)7-9)20-13-11(12(15)18-19)4-5-16-17-13/h4-5,9-10,19H,6-8H2,1-3H3,(H2,15,18). The van der Waals surface area contributed by atoms with Gasteiger partial charge in [0.15, 0.2) is 5.84 Å².